The highest BCUT2D eigenvalue weighted by Gasteiger charge is 2.38. The summed E-state index contributed by atoms with van der Waals surface area (Å²) >= 11 is 0. The van der Waals surface area contributed by atoms with Crippen LogP contribution >= 0.6 is 0 Å². The number of aliphatic hydroxyl groups is 1. The minimum Gasteiger partial charge on any atom is -0.493 e. The number of benzene rings is 3. The van der Waals surface area contributed by atoms with Gasteiger partial charge in [0, 0.05) is 18.4 Å². The van der Waals surface area contributed by atoms with Crippen LogP contribution in [0.25, 0.3) is 0 Å². The van der Waals surface area contributed by atoms with Gasteiger partial charge >= 0.3 is 0 Å². The summed E-state index contributed by atoms with van der Waals surface area (Å²) < 4.78 is 44.4. The molecule has 2 aliphatic rings. The molecule has 250 valence electrons. The van der Waals surface area contributed by atoms with Gasteiger partial charge in [0.25, 0.3) is 0 Å². The van der Waals surface area contributed by atoms with Crippen molar-refractivity contribution in [3.8, 4) is 34.5 Å². The van der Waals surface area contributed by atoms with Gasteiger partial charge < -0.3 is 43.0 Å². The minimum absolute atomic E-state index is 0.00112. The normalized spacial score (nSPS) is 22.1. The molecule has 5 atom stereocenters. The Morgan fingerprint density at radius 1 is 0.717 bits per heavy atom. The molecular formula is C37H48O9. The van der Waals surface area contributed by atoms with Crippen molar-refractivity contribution in [1.29, 1.82) is 0 Å². The van der Waals surface area contributed by atoms with Crippen LogP contribution in [0.2, 0.25) is 0 Å². The van der Waals surface area contributed by atoms with Crippen molar-refractivity contribution in [2.24, 2.45) is 17.8 Å². The van der Waals surface area contributed by atoms with E-state index in [4.69, 9.17) is 37.9 Å². The van der Waals surface area contributed by atoms with Crippen molar-refractivity contribution < 1.29 is 43.0 Å². The van der Waals surface area contributed by atoms with Crippen LogP contribution in [0, 0.1) is 17.8 Å². The lowest BCUT2D eigenvalue weighted by atomic mass is 9.84. The zero-order chi connectivity index (χ0) is 33.2. The van der Waals surface area contributed by atoms with Crippen LogP contribution in [0.5, 0.6) is 34.5 Å². The van der Waals surface area contributed by atoms with Crippen LogP contribution in [0.3, 0.4) is 0 Å². The molecule has 2 saturated heterocycles. The number of rotatable bonds is 12. The molecule has 46 heavy (non-hydrogen) atoms. The van der Waals surface area contributed by atoms with Gasteiger partial charge in [-0.05, 0) is 65.3 Å². The summed E-state index contributed by atoms with van der Waals surface area (Å²) in [6, 6.07) is 18.0. The molecule has 0 bridgehead atoms. The Labute approximate surface area is 272 Å². The van der Waals surface area contributed by atoms with E-state index < -0.39 is 0 Å². The third-order valence-electron chi connectivity index (χ3n) is 8.84. The zero-order valence-corrected chi connectivity index (χ0v) is 28.0. The molecular weight excluding hydrogens is 588 g/mol. The molecule has 1 N–H and O–H groups in total. The van der Waals surface area contributed by atoms with E-state index in [-0.39, 0.29) is 30.7 Å². The summed E-state index contributed by atoms with van der Waals surface area (Å²) in [7, 11) is 9.61. The van der Waals surface area contributed by atoms with Gasteiger partial charge in [-0.15, -0.1) is 0 Å². The largest absolute Gasteiger partial charge is 0.493 e. The molecule has 9 nitrogen and oxygen atoms in total. The van der Waals surface area contributed by atoms with Gasteiger partial charge in [0.05, 0.1) is 68.1 Å². The molecule has 3 aromatic carbocycles. The molecule has 3 aromatic rings. The van der Waals surface area contributed by atoms with Crippen LogP contribution in [0.4, 0.5) is 0 Å². The number of hydrogen-bond donors (Lipinski definition) is 1. The molecule has 2 aliphatic heterocycles. The smallest absolute Gasteiger partial charge is 0.203 e. The van der Waals surface area contributed by atoms with Crippen LogP contribution < -0.4 is 28.4 Å². The maximum atomic E-state index is 10.0. The second kappa shape index (κ2) is 16.6. The van der Waals surface area contributed by atoms with Crippen molar-refractivity contribution in [2.45, 2.75) is 32.0 Å². The molecule has 2 heterocycles. The first-order valence-corrected chi connectivity index (χ1v) is 15.5. The molecule has 5 rings (SSSR count). The predicted octanol–water partition coefficient (Wildman–Crippen LogP) is 6.62. The van der Waals surface area contributed by atoms with E-state index in [1.54, 1.807) is 42.7 Å². The van der Waals surface area contributed by atoms with Crippen LogP contribution in [0.1, 0.15) is 42.2 Å². The van der Waals surface area contributed by atoms with Crippen LogP contribution in [-0.4, -0.2) is 67.6 Å². The van der Waals surface area contributed by atoms with Crippen molar-refractivity contribution in [2.75, 3.05) is 62.5 Å². The molecule has 0 saturated carbocycles. The van der Waals surface area contributed by atoms with E-state index in [1.165, 1.54) is 5.56 Å². The maximum absolute atomic E-state index is 10.0. The second-order valence-electron chi connectivity index (χ2n) is 11.4. The summed E-state index contributed by atoms with van der Waals surface area (Å²) in [5.41, 5.74) is 4.36. The minimum atomic E-state index is -0.206. The number of methoxy groups -OCH3 is 6. The van der Waals surface area contributed by atoms with Crippen molar-refractivity contribution in [3.05, 3.63) is 83.4 Å². The molecule has 0 amide bonds. The Bertz CT molecular complexity index is 1370. The lowest BCUT2D eigenvalue weighted by Crippen LogP contribution is -2.21. The van der Waals surface area contributed by atoms with Gasteiger partial charge in [-0.3, -0.25) is 0 Å². The standard InChI is InChI=1S/C21H26O5.C16H22O4/c1-23-18-10-15(11-19(24-2)21(18)25-3)20-17(12-22)16(13-26-20)9-14-7-5-4-6-8-14;1-6-12-10(2)9-20-15(12)11-7-13(17-3)16(19-5)14(8-11)18-4/h4-8,10-11,16-17,20,22H,9,12-13H2,1-3H3;7-8,12,15H,2,6,9H2,1,3-5H3/t16-,17-,20+;12-,15+/m00/s1. The number of hydrogen-bond acceptors (Lipinski definition) is 9. The quantitative estimate of drug-likeness (QED) is 0.220. The summed E-state index contributed by atoms with van der Waals surface area (Å²) in [5, 5.41) is 10.0. The fraction of sp³-hybridized carbons (Fsp3) is 0.459. The third kappa shape index (κ3) is 7.54. The topological polar surface area (TPSA) is 94.1 Å². The molecule has 0 aromatic heterocycles. The van der Waals surface area contributed by atoms with Gasteiger partial charge in [-0.25, -0.2) is 0 Å². The summed E-state index contributed by atoms with van der Waals surface area (Å²) in [5.74, 6) is 4.24. The SMILES string of the molecule is C=C1CO[C@H](c2cc(OC)c(OC)c(OC)c2)[C@H]1CC.COc1cc([C@H]2OC[C@H](Cc3ccccc3)[C@@H]2CO)cc(OC)c1OC. The lowest BCUT2D eigenvalue weighted by molar-refractivity contribution is 0.0715. The lowest BCUT2D eigenvalue weighted by Gasteiger charge is -2.23. The first-order chi connectivity index (χ1) is 22.4. The van der Waals surface area contributed by atoms with E-state index in [9.17, 15) is 5.11 Å². The van der Waals surface area contributed by atoms with Crippen LogP contribution in [0.15, 0.2) is 66.7 Å². The summed E-state index contributed by atoms with van der Waals surface area (Å²) in [6.45, 7) is 7.53. The van der Waals surface area contributed by atoms with Gasteiger partial charge in [0.1, 0.15) is 0 Å². The Balaban J connectivity index is 0.000000216. The van der Waals surface area contributed by atoms with Crippen molar-refractivity contribution in [3.63, 3.8) is 0 Å². The van der Waals surface area contributed by atoms with E-state index in [1.807, 2.05) is 42.5 Å². The highest BCUT2D eigenvalue weighted by atomic mass is 16.5. The molecule has 0 spiro atoms. The average Bonchev–Trinajstić information content (AvgIpc) is 3.69. The Morgan fingerprint density at radius 2 is 1.22 bits per heavy atom. The fourth-order valence-electron chi connectivity index (χ4n) is 6.43. The molecule has 0 aliphatic carbocycles. The number of aliphatic hydroxyl groups excluding tert-OH is 1. The maximum Gasteiger partial charge on any atom is 0.203 e. The highest BCUT2D eigenvalue weighted by Crippen LogP contribution is 2.47. The van der Waals surface area contributed by atoms with Gasteiger partial charge in [-0.1, -0.05) is 43.8 Å². The molecule has 0 unspecified atom stereocenters. The summed E-state index contributed by atoms with van der Waals surface area (Å²) in [4.78, 5) is 0. The van der Waals surface area contributed by atoms with E-state index in [0.717, 1.165) is 29.5 Å². The highest BCUT2D eigenvalue weighted by molar-refractivity contribution is 5.55. The first kappa shape index (κ1) is 34.9. The fourth-order valence-corrected chi connectivity index (χ4v) is 6.43. The van der Waals surface area contributed by atoms with E-state index >= 15 is 0 Å². The molecule has 0 radical (unpaired) electrons. The van der Waals surface area contributed by atoms with Crippen molar-refractivity contribution in [1.82, 2.24) is 0 Å². The number of ether oxygens (including phenoxy) is 8. The van der Waals surface area contributed by atoms with Gasteiger partial charge in [0.2, 0.25) is 11.5 Å². The van der Waals surface area contributed by atoms with Gasteiger partial charge in [-0.2, -0.15) is 0 Å². The Morgan fingerprint density at radius 3 is 1.65 bits per heavy atom. The van der Waals surface area contributed by atoms with E-state index in [2.05, 4.69) is 25.6 Å². The molecule has 9 heteroatoms. The first-order valence-electron chi connectivity index (χ1n) is 15.5. The monoisotopic (exact) mass is 636 g/mol. The predicted molar refractivity (Wildman–Crippen MR) is 177 cm³/mol. The third-order valence-corrected chi connectivity index (χ3v) is 8.84. The Hall–Kier alpha value is -3.92. The summed E-state index contributed by atoms with van der Waals surface area (Å²) in [6.07, 6.45) is 1.68. The average molecular weight is 637 g/mol. The van der Waals surface area contributed by atoms with Crippen LogP contribution in [-0.2, 0) is 15.9 Å². The molecule has 2 fully saturated rings. The van der Waals surface area contributed by atoms with Crippen molar-refractivity contribution >= 4 is 0 Å². The van der Waals surface area contributed by atoms with Gasteiger partial charge in [0.15, 0.2) is 23.0 Å². The van der Waals surface area contributed by atoms with E-state index in [0.29, 0.717) is 53.6 Å². The second-order valence-corrected chi connectivity index (χ2v) is 11.4. The Kier molecular flexibility index (Phi) is 12.6. The zero-order valence-electron chi connectivity index (χ0n) is 28.0.